The Morgan fingerprint density at radius 2 is 1.86 bits per heavy atom. The first-order chi connectivity index (χ1) is 10.2. The average molecular weight is 284 g/mol. The van der Waals surface area contributed by atoms with Gasteiger partial charge in [-0.2, -0.15) is 0 Å². The average Bonchev–Trinajstić information content (AvgIpc) is 2.51. The fraction of sp³-hybridized carbons (Fsp3) is 0.278. The molecule has 2 aromatic rings. The molecule has 0 spiro atoms. The lowest BCUT2D eigenvalue weighted by atomic mass is 9.99. The van der Waals surface area contributed by atoms with Crippen molar-refractivity contribution in [2.75, 3.05) is 13.7 Å². The molecule has 0 atom stereocenters. The van der Waals surface area contributed by atoms with Gasteiger partial charge in [0.2, 0.25) is 0 Å². The van der Waals surface area contributed by atoms with E-state index in [-0.39, 0.29) is 5.97 Å². The van der Waals surface area contributed by atoms with Crippen LogP contribution in [0.1, 0.15) is 25.8 Å². The van der Waals surface area contributed by atoms with E-state index in [0.717, 1.165) is 27.7 Å². The summed E-state index contributed by atoms with van der Waals surface area (Å²) in [4.78, 5) is 11.7. The quantitative estimate of drug-likeness (QED) is 0.772. The Kier molecular flexibility index (Phi) is 4.99. The number of benzene rings is 2. The smallest absolute Gasteiger partial charge is 0.310 e. The lowest BCUT2D eigenvalue weighted by Crippen LogP contribution is -2.04. The summed E-state index contributed by atoms with van der Waals surface area (Å²) in [5.74, 6) is 0.647. The molecule has 3 heteroatoms. The summed E-state index contributed by atoms with van der Waals surface area (Å²) in [5.41, 5.74) is 2.02. The summed E-state index contributed by atoms with van der Waals surface area (Å²) in [5, 5.41) is 2.24. The minimum Gasteiger partial charge on any atom is -0.497 e. The molecule has 0 N–H and O–H groups in total. The SMILES string of the molecule is C/C=C(/CC(=O)OCC)c1ccc2cc(OC)ccc2c1. The molecule has 0 aliphatic rings. The number of fused-ring (bicyclic) bond motifs is 1. The van der Waals surface area contributed by atoms with Crippen molar-refractivity contribution in [3.63, 3.8) is 0 Å². The molecule has 0 saturated heterocycles. The normalized spacial score (nSPS) is 11.5. The van der Waals surface area contributed by atoms with Crippen molar-refractivity contribution in [3.8, 4) is 5.75 Å². The number of rotatable bonds is 5. The number of allylic oxidation sites excluding steroid dienone is 1. The summed E-state index contributed by atoms with van der Waals surface area (Å²) in [6, 6.07) is 12.1. The number of carbonyl (C=O) groups excluding carboxylic acids is 1. The van der Waals surface area contributed by atoms with Crippen LogP contribution in [-0.2, 0) is 9.53 Å². The van der Waals surface area contributed by atoms with Gasteiger partial charge in [0.1, 0.15) is 5.75 Å². The van der Waals surface area contributed by atoms with Crippen molar-refractivity contribution in [3.05, 3.63) is 48.0 Å². The van der Waals surface area contributed by atoms with Gasteiger partial charge in [0.25, 0.3) is 0 Å². The van der Waals surface area contributed by atoms with E-state index in [1.807, 2.05) is 50.3 Å². The predicted octanol–water partition coefficient (Wildman–Crippen LogP) is 4.20. The van der Waals surface area contributed by atoms with Gasteiger partial charge in [0.15, 0.2) is 0 Å². The maximum Gasteiger partial charge on any atom is 0.310 e. The van der Waals surface area contributed by atoms with Gasteiger partial charge in [-0.25, -0.2) is 0 Å². The fourth-order valence-corrected chi connectivity index (χ4v) is 2.29. The van der Waals surface area contributed by atoms with Crippen LogP contribution in [0.25, 0.3) is 16.3 Å². The minimum atomic E-state index is -0.194. The number of hydrogen-bond acceptors (Lipinski definition) is 3. The Morgan fingerprint density at radius 3 is 2.52 bits per heavy atom. The summed E-state index contributed by atoms with van der Waals surface area (Å²) in [6.07, 6.45) is 2.26. The number of carbonyl (C=O) groups is 1. The first kappa shape index (κ1) is 15.1. The van der Waals surface area contributed by atoms with Crippen LogP contribution >= 0.6 is 0 Å². The second-order valence-electron chi connectivity index (χ2n) is 4.72. The van der Waals surface area contributed by atoms with Crippen molar-refractivity contribution in [1.29, 1.82) is 0 Å². The summed E-state index contributed by atoms with van der Waals surface area (Å²) < 4.78 is 10.2. The molecule has 110 valence electrons. The van der Waals surface area contributed by atoms with E-state index in [2.05, 4.69) is 6.07 Å². The van der Waals surface area contributed by atoms with Gasteiger partial charge in [-0.05, 0) is 54.0 Å². The third kappa shape index (κ3) is 3.63. The Hall–Kier alpha value is -2.29. The van der Waals surface area contributed by atoms with Crippen molar-refractivity contribution in [2.24, 2.45) is 0 Å². The molecule has 0 aromatic heterocycles. The highest BCUT2D eigenvalue weighted by Crippen LogP contribution is 2.26. The molecule has 0 fully saturated rings. The van der Waals surface area contributed by atoms with E-state index in [9.17, 15) is 4.79 Å². The first-order valence-corrected chi connectivity index (χ1v) is 7.07. The second kappa shape index (κ2) is 6.93. The summed E-state index contributed by atoms with van der Waals surface area (Å²) >= 11 is 0. The maximum absolute atomic E-state index is 11.7. The molecule has 2 aromatic carbocycles. The van der Waals surface area contributed by atoms with Crippen molar-refractivity contribution in [2.45, 2.75) is 20.3 Å². The van der Waals surface area contributed by atoms with E-state index in [0.29, 0.717) is 13.0 Å². The standard InChI is InChI=1S/C18H20O3/c1-4-13(12-18(19)21-5-2)14-6-7-16-11-17(20-3)9-8-15(16)10-14/h4,6-11H,5,12H2,1-3H3/b13-4-. The Bertz CT molecular complexity index is 671. The van der Waals surface area contributed by atoms with Crippen molar-refractivity contribution < 1.29 is 14.3 Å². The number of methoxy groups -OCH3 is 1. The van der Waals surface area contributed by atoms with E-state index in [1.54, 1.807) is 7.11 Å². The van der Waals surface area contributed by atoms with Crippen molar-refractivity contribution >= 4 is 22.3 Å². The van der Waals surface area contributed by atoms with Gasteiger partial charge in [-0.3, -0.25) is 4.79 Å². The van der Waals surface area contributed by atoms with Crippen LogP contribution in [0.3, 0.4) is 0 Å². The number of ether oxygens (including phenoxy) is 2. The molecule has 0 amide bonds. The molecule has 21 heavy (non-hydrogen) atoms. The zero-order valence-corrected chi connectivity index (χ0v) is 12.7. The van der Waals surface area contributed by atoms with E-state index >= 15 is 0 Å². The summed E-state index contributed by atoms with van der Waals surface area (Å²) in [7, 11) is 1.66. The molecule has 3 nitrogen and oxygen atoms in total. The molecule has 0 unspecified atom stereocenters. The van der Waals surface area contributed by atoms with Gasteiger partial charge < -0.3 is 9.47 Å². The molecular weight excluding hydrogens is 264 g/mol. The Labute approximate surface area is 125 Å². The lowest BCUT2D eigenvalue weighted by molar-refractivity contribution is -0.141. The molecule has 0 aliphatic carbocycles. The molecule has 2 rings (SSSR count). The van der Waals surface area contributed by atoms with Gasteiger partial charge in [0, 0.05) is 0 Å². The van der Waals surface area contributed by atoms with E-state index in [1.165, 1.54) is 0 Å². The lowest BCUT2D eigenvalue weighted by Gasteiger charge is -2.09. The monoisotopic (exact) mass is 284 g/mol. The van der Waals surface area contributed by atoms with Gasteiger partial charge in [-0.15, -0.1) is 0 Å². The molecule has 0 saturated carbocycles. The van der Waals surface area contributed by atoms with Crippen LogP contribution in [-0.4, -0.2) is 19.7 Å². The number of esters is 1. The van der Waals surface area contributed by atoms with Crippen LogP contribution in [0.15, 0.2) is 42.5 Å². The zero-order valence-electron chi connectivity index (χ0n) is 12.7. The maximum atomic E-state index is 11.7. The van der Waals surface area contributed by atoms with Crippen LogP contribution in [0.5, 0.6) is 5.75 Å². The van der Waals surface area contributed by atoms with Crippen molar-refractivity contribution in [1.82, 2.24) is 0 Å². The van der Waals surface area contributed by atoms with Gasteiger partial charge >= 0.3 is 5.97 Å². The molecule has 0 bridgehead atoms. The Morgan fingerprint density at radius 1 is 1.14 bits per heavy atom. The van der Waals surface area contributed by atoms with Crippen LogP contribution in [0.4, 0.5) is 0 Å². The molecule has 0 aliphatic heterocycles. The fourth-order valence-electron chi connectivity index (χ4n) is 2.29. The summed E-state index contributed by atoms with van der Waals surface area (Å²) in [6.45, 7) is 4.16. The van der Waals surface area contributed by atoms with Crippen LogP contribution in [0, 0.1) is 0 Å². The molecule has 0 radical (unpaired) electrons. The molecular formula is C18H20O3. The van der Waals surface area contributed by atoms with E-state index < -0.39 is 0 Å². The van der Waals surface area contributed by atoms with Gasteiger partial charge in [-0.1, -0.05) is 24.3 Å². The van der Waals surface area contributed by atoms with Crippen LogP contribution in [0.2, 0.25) is 0 Å². The van der Waals surface area contributed by atoms with Crippen LogP contribution < -0.4 is 4.74 Å². The highest BCUT2D eigenvalue weighted by Gasteiger charge is 2.09. The first-order valence-electron chi connectivity index (χ1n) is 7.07. The highest BCUT2D eigenvalue weighted by atomic mass is 16.5. The molecule has 0 heterocycles. The third-order valence-electron chi connectivity index (χ3n) is 3.41. The topological polar surface area (TPSA) is 35.5 Å². The highest BCUT2D eigenvalue weighted by molar-refractivity contribution is 5.90. The van der Waals surface area contributed by atoms with E-state index in [4.69, 9.17) is 9.47 Å². The van der Waals surface area contributed by atoms with Gasteiger partial charge in [0.05, 0.1) is 20.1 Å². The predicted molar refractivity (Wildman–Crippen MR) is 85.4 cm³/mol. The zero-order chi connectivity index (χ0) is 15.2. The third-order valence-corrected chi connectivity index (χ3v) is 3.41. The largest absolute Gasteiger partial charge is 0.497 e. The minimum absolute atomic E-state index is 0.194. The second-order valence-corrected chi connectivity index (χ2v) is 4.72. The Balaban J connectivity index is 2.30. The number of hydrogen-bond donors (Lipinski definition) is 0.